The molecule has 4 nitrogen and oxygen atoms in total. The normalized spacial score (nSPS) is 10.8. The van der Waals surface area contributed by atoms with Crippen molar-refractivity contribution >= 4 is 73.5 Å². The molecule has 6 heteroatoms. The fourth-order valence-electron chi connectivity index (χ4n) is 3.71. The van der Waals surface area contributed by atoms with Crippen LogP contribution in [0.2, 0.25) is 5.02 Å². The van der Waals surface area contributed by atoms with E-state index >= 15 is 0 Å². The van der Waals surface area contributed by atoms with Gasteiger partial charge in [-0.3, -0.25) is 0 Å². The van der Waals surface area contributed by atoms with E-state index in [0.29, 0.717) is 10.1 Å². The molecule has 0 atom stereocenters. The summed E-state index contributed by atoms with van der Waals surface area (Å²) in [6.07, 6.45) is 0. The largest absolute Gasteiger partial charge is 0.354 e. The molecule has 3 N–H and O–H groups in total. The van der Waals surface area contributed by atoms with Gasteiger partial charge in [0.15, 0.2) is 5.11 Å². The van der Waals surface area contributed by atoms with Gasteiger partial charge in [-0.2, -0.15) is 0 Å². The molecule has 0 amide bonds. The molecule has 0 unspecified atom stereocenters. The highest BCUT2D eigenvalue weighted by atomic mass is 35.5. The zero-order chi connectivity index (χ0) is 22.8. The molecule has 0 aliphatic rings. The molecule has 0 aliphatic carbocycles. The van der Waals surface area contributed by atoms with Crippen molar-refractivity contribution in [1.82, 2.24) is 4.98 Å². The highest BCUT2D eigenvalue weighted by Gasteiger charge is 2.10. The standard InChI is InChI=1S/C27H21ClN4S/c1-17-6-9-20(10-7-17)30-27(33)31-21-13-11-19(12-14-21)29-26-22-4-2-3-5-24(22)32-25-15-8-18(28)16-23(25)26/h2-16H,1H3,(H,29,32)(H2,30,31,33). The molecule has 1 heterocycles. The molecule has 5 aromatic rings. The minimum atomic E-state index is 0.542. The van der Waals surface area contributed by atoms with Gasteiger partial charge in [0.1, 0.15) is 0 Å². The van der Waals surface area contributed by atoms with Crippen molar-refractivity contribution < 1.29 is 0 Å². The molecule has 0 aliphatic heterocycles. The average molecular weight is 469 g/mol. The van der Waals surface area contributed by atoms with E-state index < -0.39 is 0 Å². The van der Waals surface area contributed by atoms with Gasteiger partial charge in [0.25, 0.3) is 0 Å². The topological polar surface area (TPSA) is 49.0 Å². The van der Waals surface area contributed by atoms with Crippen molar-refractivity contribution in [1.29, 1.82) is 0 Å². The van der Waals surface area contributed by atoms with Gasteiger partial charge in [-0.05, 0) is 79.8 Å². The Bertz CT molecular complexity index is 1460. The van der Waals surface area contributed by atoms with E-state index in [2.05, 4.69) is 28.9 Å². The maximum absolute atomic E-state index is 6.30. The number of halogens is 1. The van der Waals surface area contributed by atoms with Crippen molar-refractivity contribution in [2.24, 2.45) is 0 Å². The first kappa shape index (κ1) is 21.2. The minimum Gasteiger partial charge on any atom is -0.354 e. The molecular weight excluding hydrogens is 448 g/mol. The summed E-state index contributed by atoms with van der Waals surface area (Å²) in [4.78, 5) is 4.78. The molecule has 5 rings (SSSR count). The fourth-order valence-corrected chi connectivity index (χ4v) is 4.12. The number of nitrogens with one attached hydrogen (secondary N) is 3. The van der Waals surface area contributed by atoms with Crippen LogP contribution in [0.15, 0.2) is 91.0 Å². The van der Waals surface area contributed by atoms with Crippen LogP contribution in [-0.2, 0) is 0 Å². The lowest BCUT2D eigenvalue weighted by Crippen LogP contribution is -2.18. The summed E-state index contributed by atoms with van der Waals surface area (Å²) in [6, 6.07) is 30.0. The maximum atomic E-state index is 6.30. The third kappa shape index (κ3) is 4.75. The van der Waals surface area contributed by atoms with E-state index in [1.165, 1.54) is 5.56 Å². The number of hydrogen-bond donors (Lipinski definition) is 3. The Kier molecular flexibility index (Phi) is 5.82. The third-order valence-corrected chi connectivity index (χ3v) is 5.80. The summed E-state index contributed by atoms with van der Waals surface area (Å²) < 4.78 is 0. The van der Waals surface area contributed by atoms with Gasteiger partial charge in [-0.1, -0.05) is 47.5 Å². The summed E-state index contributed by atoms with van der Waals surface area (Å²) in [5.41, 5.74) is 6.82. The molecule has 0 bridgehead atoms. The monoisotopic (exact) mass is 468 g/mol. The van der Waals surface area contributed by atoms with Crippen molar-refractivity contribution in [2.75, 3.05) is 16.0 Å². The molecule has 162 valence electrons. The van der Waals surface area contributed by atoms with Crippen LogP contribution >= 0.6 is 23.8 Å². The Morgan fingerprint density at radius 1 is 0.727 bits per heavy atom. The SMILES string of the molecule is Cc1ccc(NC(=S)Nc2ccc(Nc3c4ccccc4nc4ccc(Cl)cc34)cc2)cc1. The first-order valence-electron chi connectivity index (χ1n) is 10.5. The van der Waals surface area contributed by atoms with Gasteiger partial charge in [0.2, 0.25) is 0 Å². The summed E-state index contributed by atoms with van der Waals surface area (Å²) in [5, 5.41) is 13.2. The lowest BCUT2D eigenvalue weighted by molar-refractivity contribution is 1.47. The lowest BCUT2D eigenvalue weighted by Gasteiger charge is -2.15. The fraction of sp³-hybridized carbons (Fsp3) is 0.0370. The Balaban J connectivity index is 1.38. The molecule has 0 spiro atoms. The number of pyridine rings is 1. The minimum absolute atomic E-state index is 0.542. The zero-order valence-corrected chi connectivity index (χ0v) is 19.5. The first-order chi connectivity index (χ1) is 16.0. The second-order valence-electron chi connectivity index (χ2n) is 7.81. The summed E-state index contributed by atoms with van der Waals surface area (Å²) in [5.74, 6) is 0. The van der Waals surface area contributed by atoms with Crippen LogP contribution in [0.5, 0.6) is 0 Å². The van der Waals surface area contributed by atoms with Crippen molar-refractivity contribution in [2.45, 2.75) is 6.92 Å². The molecular formula is C27H21ClN4S. The predicted molar refractivity (Wildman–Crippen MR) is 145 cm³/mol. The summed E-state index contributed by atoms with van der Waals surface area (Å²) in [7, 11) is 0. The average Bonchev–Trinajstić information content (AvgIpc) is 2.82. The van der Waals surface area contributed by atoms with Gasteiger partial charge < -0.3 is 16.0 Å². The summed E-state index contributed by atoms with van der Waals surface area (Å²) >= 11 is 11.7. The van der Waals surface area contributed by atoms with Crippen LogP contribution in [0.1, 0.15) is 5.56 Å². The number of nitrogens with zero attached hydrogens (tertiary/aromatic N) is 1. The number of rotatable bonds is 4. The number of aromatic nitrogens is 1. The van der Waals surface area contributed by atoms with Crippen molar-refractivity contribution in [3.8, 4) is 0 Å². The van der Waals surface area contributed by atoms with Crippen LogP contribution < -0.4 is 16.0 Å². The molecule has 33 heavy (non-hydrogen) atoms. The number of para-hydroxylation sites is 1. The number of aryl methyl sites for hydroxylation is 1. The highest BCUT2D eigenvalue weighted by molar-refractivity contribution is 7.80. The van der Waals surface area contributed by atoms with E-state index in [1.54, 1.807) is 0 Å². The maximum Gasteiger partial charge on any atom is 0.175 e. The van der Waals surface area contributed by atoms with Crippen molar-refractivity contribution in [3.63, 3.8) is 0 Å². The molecule has 1 aromatic heterocycles. The number of thiocarbonyl (C=S) groups is 1. The zero-order valence-electron chi connectivity index (χ0n) is 17.9. The molecule has 0 saturated carbocycles. The second-order valence-corrected chi connectivity index (χ2v) is 8.66. The molecule has 4 aromatic carbocycles. The quantitative estimate of drug-likeness (QED) is 0.185. The second kappa shape index (κ2) is 9.06. The van der Waals surface area contributed by atoms with Crippen molar-refractivity contribution in [3.05, 3.63) is 102 Å². The molecule has 0 fully saturated rings. The first-order valence-corrected chi connectivity index (χ1v) is 11.3. The van der Waals surface area contributed by atoms with Gasteiger partial charge in [0, 0.05) is 32.9 Å². The van der Waals surface area contributed by atoms with E-state index in [-0.39, 0.29) is 0 Å². The van der Waals surface area contributed by atoms with Crippen LogP contribution in [0.25, 0.3) is 21.8 Å². The number of anilines is 4. The van der Waals surface area contributed by atoms with Crippen LogP contribution in [-0.4, -0.2) is 10.1 Å². The Morgan fingerprint density at radius 3 is 2.06 bits per heavy atom. The number of fused-ring (bicyclic) bond motifs is 2. The highest BCUT2D eigenvalue weighted by Crippen LogP contribution is 2.34. The van der Waals surface area contributed by atoms with E-state index in [1.807, 2.05) is 84.9 Å². The van der Waals surface area contributed by atoms with Gasteiger partial charge in [0.05, 0.1) is 16.7 Å². The molecule has 0 radical (unpaired) electrons. The number of benzene rings is 4. The van der Waals surface area contributed by atoms with E-state index in [4.69, 9.17) is 28.8 Å². The molecule has 0 saturated heterocycles. The lowest BCUT2D eigenvalue weighted by atomic mass is 10.1. The van der Waals surface area contributed by atoms with Crippen LogP contribution in [0.4, 0.5) is 22.7 Å². The van der Waals surface area contributed by atoms with Gasteiger partial charge >= 0.3 is 0 Å². The smallest absolute Gasteiger partial charge is 0.175 e. The predicted octanol–water partition coefficient (Wildman–Crippen LogP) is 7.90. The van der Waals surface area contributed by atoms with E-state index in [0.717, 1.165) is 44.6 Å². The summed E-state index contributed by atoms with van der Waals surface area (Å²) in [6.45, 7) is 2.06. The Labute approximate surface area is 202 Å². The van der Waals surface area contributed by atoms with Gasteiger partial charge in [-0.15, -0.1) is 0 Å². The Morgan fingerprint density at radius 2 is 1.33 bits per heavy atom. The van der Waals surface area contributed by atoms with Crippen LogP contribution in [0, 0.1) is 6.92 Å². The third-order valence-electron chi connectivity index (χ3n) is 5.36. The van der Waals surface area contributed by atoms with E-state index in [9.17, 15) is 0 Å². The van der Waals surface area contributed by atoms with Crippen LogP contribution in [0.3, 0.4) is 0 Å². The van der Waals surface area contributed by atoms with Gasteiger partial charge in [-0.25, -0.2) is 4.98 Å². The number of hydrogen-bond acceptors (Lipinski definition) is 3. The Hall–Kier alpha value is -3.67.